The van der Waals surface area contributed by atoms with Crippen LogP contribution in [0.3, 0.4) is 0 Å². The van der Waals surface area contributed by atoms with Crippen molar-refractivity contribution in [3.05, 3.63) is 81.7 Å². The summed E-state index contributed by atoms with van der Waals surface area (Å²) in [5.41, 5.74) is 3.02. The van der Waals surface area contributed by atoms with Gasteiger partial charge in [-0.1, -0.05) is 48.1 Å². The normalized spacial score (nSPS) is 11.2. The molecular weight excluding hydrogens is 360 g/mol. The van der Waals surface area contributed by atoms with Gasteiger partial charge in [-0.25, -0.2) is 4.98 Å². The van der Waals surface area contributed by atoms with Crippen molar-refractivity contribution in [3.63, 3.8) is 0 Å². The highest BCUT2D eigenvalue weighted by molar-refractivity contribution is 7.20. The second-order valence-electron chi connectivity index (χ2n) is 6.44. The Labute approximate surface area is 160 Å². The number of aromatic nitrogens is 3. The third kappa shape index (κ3) is 3.78. The molecule has 0 amide bonds. The van der Waals surface area contributed by atoms with E-state index in [-0.39, 0.29) is 5.56 Å². The van der Waals surface area contributed by atoms with Crippen molar-refractivity contribution in [2.75, 3.05) is 4.90 Å². The Morgan fingerprint density at radius 1 is 1.19 bits per heavy atom. The first-order valence-electron chi connectivity index (χ1n) is 8.85. The van der Waals surface area contributed by atoms with Gasteiger partial charge in [-0.2, -0.15) is 4.52 Å². The van der Waals surface area contributed by atoms with E-state index in [1.54, 1.807) is 12.3 Å². The SMILES string of the molecule is CCc1cc(=O)n2nc(N(Cc3cccc(C)c3)Cc3ccco3)sc2n1. The quantitative estimate of drug-likeness (QED) is 0.509. The Hall–Kier alpha value is -2.93. The molecule has 3 heterocycles. The van der Waals surface area contributed by atoms with E-state index in [2.05, 4.69) is 40.1 Å². The summed E-state index contributed by atoms with van der Waals surface area (Å²) in [6, 6.07) is 13.7. The molecule has 4 rings (SSSR count). The zero-order chi connectivity index (χ0) is 18.8. The number of hydrogen-bond acceptors (Lipinski definition) is 6. The van der Waals surface area contributed by atoms with Crippen LogP contribution in [0.1, 0.15) is 29.5 Å². The number of aryl methyl sites for hydroxylation is 2. The van der Waals surface area contributed by atoms with Crippen LogP contribution in [0.15, 0.2) is 57.9 Å². The maximum atomic E-state index is 12.3. The topological polar surface area (TPSA) is 63.6 Å². The van der Waals surface area contributed by atoms with E-state index < -0.39 is 0 Å². The summed E-state index contributed by atoms with van der Waals surface area (Å²) in [4.78, 5) is 19.6. The van der Waals surface area contributed by atoms with Gasteiger partial charge in [0.25, 0.3) is 5.56 Å². The van der Waals surface area contributed by atoms with Gasteiger partial charge in [0, 0.05) is 18.3 Å². The number of rotatable bonds is 6. The molecule has 0 aliphatic carbocycles. The lowest BCUT2D eigenvalue weighted by atomic mass is 10.1. The molecule has 27 heavy (non-hydrogen) atoms. The molecular formula is C20H20N4O2S. The van der Waals surface area contributed by atoms with E-state index in [4.69, 9.17) is 4.42 Å². The second kappa shape index (κ2) is 7.36. The number of fused-ring (bicyclic) bond motifs is 1. The van der Waals surface area contributed by atoms with Crippen LogP contribution in [0.5, 0.6) is 0 Å². The van der Waals surface area contributed by atoms with Crippen LogP contribution in [-0.4, -0.2) is 14.6 Å². The highest BCUT2D eigenvalue weighted by Gasteiger charge is 2.17. The van der Waals surface area contributed by atoms with Crippen LogP contribution in [-0.2, 0) is 19.5 Å². The van der Waals surface area contributed by atoms with Crippen molar-refractivity contribution in [2.24, 2.45) is 0 Å². The van der Waals surface area contributed by atoms with Crippen molar-refractivity contribution in [2.45, 2.75) is 33.4 Å². The van der Waals surface area contributed by atoms with Crippen LogP contribution in [0, 0.1) is 6.92 Å². The highest BCUT2D eigenvalue weighted by atomic mass is 32.1. The fourth-order valence-corrected chi connectivity index (χ4v) is 3.89. The standard InChI is InChI=1S/C20H20N4O2S/c1-3-16-11-18(25)24-19(21-16)27-20(22-24)23(13-17-8-5-9-26-17)12-15-7-4-6-14(2)10-15/h4-11H,3,12-13H2,1-2H3. The zero-order valence-corrected chi connectivity index (χ0v) is 16.1. The summed E-state index contributed by atoms with van der Waals surface area (Å²) in [7, 11) is 0. The van der Waals surface area contributed by atoms with E-state index in [0.29, 0.717) is 18.1 Å². The summed E-state index contributed by atoms with van der Waals surface area (Å²) in [5, 5.41) is 5.27. The van der Waals surface area contributed by atoms with Gasteiger partial charge in [0.05, 0.1) is 12.8 Å². The Morgan fingerprint density at radius 3 is 2.81 bits per heavy atom. The predicted octanol–water partition coefficient (Wildman–Crippen LogP) is 3.82. The van der Waals surface area contributed by atoms with E-state index in [1.165, 1.54) is 27.0 Å². The molecule has 0 aliphatic rings. The van der Waals surface area contributed by atoms with Gasteiger partial charge in [0.2, 0.25) is 10.1 Å². The molecule has 0 saturated carbocycles. The molecule has 0 radical (unpaired) electrons. The molecule has 138 valence electrons. The molecule has 0 aliphatic heterocycles. The molecule has 6 nitrogen and oxygen atoms in total. The maximum absolute atomic E-state index is 12.3. The Kier molecular flexibility index (Phi) is 4.77. The van der Waals surface area contributed by atoms with Gasteiger partial charge in [0.15, 0.2) is 0 Å². The third-order valence-electron chi connectivity index (χ3n) is 4.30. The van der Waals surface area contributed by atoms with Crippen LogP contribution >= 0.6 is 11.3 Å². The smallest absolute Gasteiger partial charge is 0.275 e. The molecule has 0 bridgehead atoms. The molecule has 4 aromatic rings. The summed E-state index contributed by atoms with van der Waals surface area (Å²) in [6.07, 6.45) is 2.39. The van der Waals surface area contributed by atoms with Crippen LogP contribution in [0.2, 0.25) is 0 Å². The van der Waals surface area contributed by atoms with Crippen LogP contribution < -0.4 is 10.5 Å². The molecule has 1 aromatic carbocycles. The molecule has 0 spiro atoms. The average Bonchev–Trinajstić information content (AvgIpc) is 3.30. The number of hydrogen-bond donors (Lipinski definition) is 0. The lowest BCUT2D eigenvalue weighted by molar-refractivity contribution is 0.501. The van der Waals surface area contributed by atoms with Crippen molar-refractivity contribution in [1.29, 1.82) is 0 Å². The first-order chi connectivity index (χ1) is 13.1. The lowest BCUT2D eigenvalue weighted by Crippen LogP contribution is -2.23. The minimum atomic E-state index is -0.146. The van der Waals surface area contributed by atoms with Crippen LogP contribution in [0.25, 0.3) is 4.96 Å². The largest absolute Gasteiger partial charge is 0.467 e. The molecule has 3 aromatic heterocycles. The molecule has 0 saturated heterocycles. The van der Waals surface area contributed by atoms with E-state index in [1.807, 2.05) is 25.1 Å². The number of anilines is 1. The van der Waals surface area contributed by atoms with Crippen LogP contribution in [0.4, 0.5) is 5.13 Å². The number of furan rings is 1. The van der Waals surface area contributed by atoms with E-state index >= 15 is 0 Å². The summed E-state index contributed by atoms with van der Waals surface area (Å²) >= 11 is 1.42. The monoisotopic (exact) mass is 380 g/mol. The van der Waals surface area contributed by atoms with E-state index in [9.17, 15) is 4.79 Å². The van der Waals surface area contributed by atoms with Gasteiger partial charge < -0.3 is 9.32 Å². The Balaban J connectivity index is 1.74. The first kappa shape index (κ1) is 17.5. The Morgan fingerprint density at radius 2 is 2.07 bits per heavy atom. The van der Waals surface area contributed by atoms with Crippen molar-refractivity contribution in [1.82, 2.24) is 14.6 Å². The minimum absolute atomic E-state index is 0.146. The summed E-state index contributed by atoms with van der Waals surface area (Å²) in [5.74, 6) is 0.844. The van der Waals surface area contributed by atoms with Gasteiger partial charge in [-0.15, -0.1) is 5.10 Å². The Bertz CT molecular complexity index is 1110. The number of nitrogens with zero attached hydrogens (tertiary/aromatic N) is 4. The van der Waals surface area contributed by atoms with Crippen molar-refractivity contribution >= 4 is 21.4 Å². The fraction of sp³-hybridized carbons (Fsp3) is 0.250. The minimum Gasteiger partial charge on any atom is -0.467 e. The molecule has 0 fully saturated rings. The molecule has 0 atom stereocenters. The second-order valence-corrected chi connectivity index (χ2v) is 7.38. The van der Waals surface area contributed by atoms with Gasteiger partial charge in [-0.05, 0) is 31.0 Å². The highest BCUT2D eigenvalue weighted by Crippen LogP contribution is 2.25. The molecule has 0 unspecified atom stereocenters. The fourth-order valence-electron chi connectivity index (χ4n) is 2.97. The predicted molar refractivity (Wildman–Crippen MR) is 106 cm³/mol. The van der Waals surface area contributed by atoms with Gasteiger partial charge >= 0.3 is 0 Å². The lowest BCUT2D eigenvalue weighted by Gasteiger charge is -2.20. The van der Waals surface area contributed by atoms with Gasteiger partial charge in [-0.3, -0.25) is 4.79 Å². The zero-order valence-electron chi connectivity index (χ0n) is 15.3. The van der Waals surface area contributed by atoms with Crippen molar-refractivity contribution in [3.8, 4) is 0 Å². The molecule has 7 heteroatoms. The van der Waals surface area contributed by atoms with Gasteiger partial charge in [0.1, 0.15) is 5.76 Å². The molecule has 0 N–H and O–H groups in total. The maximum Gasteiger partial charge on any atom is 0.275 e. The summed E-state index contributed by atoms with van der Waals surface area (Å²) < 4.78 is 6.91. The van der Waals surface area contributed by atoms with E-state index in [0.717, 1.165) is 23.0 Å². The first-order valence-corrected chi connectivity index (χ1v) is 9.66. The van der Waals surface area contributed by atoms with Crippen molar-refractivity contribution < 1.29 is 4.42 Å². The summed E-state index contributed by atoms with van der Waals surface area (Å²) in [6.45, 7) is 5.29. The average molecular weight is 380 g/mol. The number of benzene rings is 1. The third-order valence-corrected chi connectivity index (χ3v) is 5.27.